The van der Waals surface area contributed by atoms with E-state index >= 15 is 0 Å². The Morgan fingerprint density at radius 1 is 0.955 bits per heavy atom. The Labute approximate surface area is 129 Å². The normalized spacial score (nSPS) is 9.91. The van der Waals surface area contributed by atoms with Crippen LogP contribution in [-0.2, 0) is 4.79 Å². The van der Waals surface area contributed by atoms with Crippen LogP contribution in [0, 0.1) is 0 Å². The number of rotatable bonds is 5. The third-order valence-corrected chi connectivity index (χ3v) is 2.91. The molecule has 0 aromatic heterocycles. The molecule has 0 heterocycles. The van der Waals surface area contributed by atoms with Crippen LogP contribution in [0.4, 0.5) is 11.4 Å². The van der Waals surface area contributed by atoms with Gasteiger partial charge in [0.25, 0.3) is 5.91 Å². The smallest absolute Gasteiger partial charge is 0.255 e. The molecular formula is C17H18N2O3. The first-order valence-electron chi connectivity index (χ1n) is 7.01. The molecule has 0 spiro atoms. The summed E-state index contributed by atoms with van der Waals surface area (Å²) >= 11 is 0. The van der Waals surface area contributed by atoms with Crippen LogP contribution in [0.15, 0.2) is 48.5 Å². The molecule has 0 aliphatic rings. The average molecular weight is 298 g/mol. The number of para-hydroxylation sites is 2. The van der Waals surface area contributed by atoms with Gasteiger partial charge in [0.1, 0.15) is 5.75 Å². The van der Waals surface area contributed by atoms with E-state index in [4.69, 9.17) is 4.74 Å². The number of hydrogen-bond donors (Lipinski definition) is 2. The van der Waals surface area contributed by atoms with E-state index in [2.05, 4.69) is 10.6 Å². The summed E-state index contributed by atoms with van der Waals surface area (Å²) in [6, 6.07) is 13.9. The topological polar surface area (TPSA) is 67.4 Å². The first-order valence-corrected chi connectivity index (χ1v) is 7.01. The van der Waals surface area contributed by atoms with Crippen molar-refractivity contribution < 1.29 is 14.3 Å². The van der Waals surface area contributed by atoms with Crippen LogP contribution in [-0.4, -0.2) is 18.4 Å². The number of amides is 2. The molecule has 0 radical (unpaired) electrons. The van der Waals surface area contributed by atoms with Crippen LogP contribution < -0.4 is 15.4 Å². The Morgan fingerprint density at radius 3 is 2.09 bits per heavy atom. The molecule has 2 amide bonds. The highest BCUT2D eigenvalue weighted by Gasteiger charge is 2.09. The minimum Gasteiger partial charge on any atom is -0.494 e. The Bertz CT molecular complexity index is 666. The first-order chi connectivity index (χ1) is 10.6. The van der Waals surface area contributed by atoms with E-state index in [0.717, 1.165) is 5.75 Å². The summed E-state index contributed by atoms with van der Waals surface area (Å²) in [4.78, 5) is 23.4. The van der Waals surface area contributed by atoms with Crippen LogP contribution in [0.25, 0.3) is 0 Å². The maximum Gasteiger partial charge on any atom is 0.255 e. The standard InChI is InChI=1S/C17H18N2O3/c1-3-22-14-10-8-13(9-11-14)17(21)19-16-7-5-4-6-15(16)18-12(2)20/h4-11H,3H2,1-2H3,(H,18,20)(H,19,21). The number of anilines is 2. The molecule has 2 N–H and O–H groups in total. The number of hydrogen-bond acceptors (Lipinski definition) is 3. The van der Waals surface area contributed by atoms with Gasteiger partial charge < -0.3 is 15.4 Å². The minimum absolute atomic E-state index is 0.192. The lowest BCUT2D eigenvalue weighted by molar-refractivity contribution is -0.114. The van der Waals surface area contributed by atoms with Gasteiger partial charge in [0.2, 0.25) is 5.91 Å². The molecule has 22 heavy (non-hydrogen) atoms. The quantitative estimate of drug-likeness (QED) is 0.890. The molecule has 5 heteroatoms. The summed E-state index contributed by atoms with van der Waals surface area (Å²) in [7, 11) is 0. The van der Waals surface area contributed by atoms with Crippen molar-refractivity contribution in [2.45, 2.75) is 13.8 Å². The Morgan fingerprint density at radius 2 is 1.55 bits per heavy atom. The molecule has 114 valence electrons. The van der Waals surface area contributed by atoms with Crippen molar-refractivity contribution in [3.05, 3.63) is 54.1 Å². The predicted octanol–water partition coefficient (Wildman–Crippen LogP) is 3.30. The number of carbonyl (C=O) groups is 2. The van der Waals surface area contributed by atoms with Crippen molar-refractivity contribution in [3.63, 3.8) is 0 Å². The van der Waals surface area contributed by atoms with Crippen LogP contribution in [0.2, 0.25) is 0 Å². The molecule has 0 aliphatic heterocycles. The van der Waals surface area contributed by atoms with E-state index in [-0.39, 0.29) is 11.8 Å². The van der Waals surface area contributed by atoms with Crippen molar-refractivity contribution in [2.24, 2.45) is 0 Å². The molecule has 0 bridgehead atoms. The van der Waals surface area contributed by atoms with Gasteiger partial charge >= 0.3 is 0 Å². The number of carbonyl (C=O) groups excluding carboxylic acids is 2. The van der Waals surface area contributed by atoms with Gasteiger partial charge in [-0.1, -0.05) is 12.1 Å². The van der Waals surface area contributed by atoms with Gasteiger partial charge in [-0.15, -0.1) is 0 Å². The van der Waals surface area contributed by atoms with Gasteiger partial charge in [-0.2, -0.15) is 0 Å². The van der Waals surface area contributed by atoms with Gasteiger partial charge in [0, 0.05) is 12.5 Å². The molecule has 0 aliphatic carbocycles. The fraction of sp³-hybridized carbons (Fsp3) is 0.176. The molecule has 2 rings (SSSR count). The summed E-state index contributed by atoms with van der Waals surface area (Å²) in [5, 5.41) is 5.47. The molecule has 2 aromatic rings. The fourth-order valence-corrected chi connectivity index (χ4v) is 1.95. The van der Waals surface area contributed by atoms with Crippen molar-refractivity contribution in [2.75, 3.05) is 17.2 Å². The van der Waals surface area contributed by atoms with Crippen LogP contribution >= 0.6 is 0 Å². The van der Waals surface area contributed by atoms with E-state index < -0.39 is 0 Å². The van der Waals surface area contributed by atoms with E-state index in [1.165, 1.54) is 6.92 Å². The Hall–Kier alpha value is -2.82. The van der Waals surface area contributed by atoms with Crippen molar-refractivity contribution in [3.8, 4) is 5.75 Å². The average Bonchev–Trinajstić information content (AvgIpc) is 2.50. The summed E-state index contributed by atoms with van der Waals surface area (Å²) in [5.74, 6) is 0.279. The van der Waals surface area contributed by atoms with E-state index in [1.807, 2.05) is 6.92 Å². The lowest BCUT2D eigenvalue weighted by Gasteiger charge is -2.11. The van der Waals surface area contributed by atoms with Crippen LogP contribution in [0.1, 0.15) is 24.2 Å². The molecular weight excluding hydrogens is 280 g/mol. The maximum absolute atomic E-state index is 12.3. The van der Waals surface area contributed by atoms with Crippen LogP contribution in [0.5, 0.6) is 5.75 Å². The summed E-state index contributed by atoms with van der Waals surface area (Å²) in [6.45, 7) is 3.90. The first kappa shape index (κ1) is 15.6. The monoisotopic (exact) mass is 298 g/mol. The summed E-state index contributed by atoms with van der Waals surface area (Å²) in [5.41, 5.74) is 1.63. The van der Waals surface area contributed by atoms with E-state index in [1.54, 1.807) is 48.5 Å². The van der Waals surface area contributed by atoms with Gasteiger partial charge in [-0.25, -0.2) is 0 Å². The van der Waals surface area contributed by atoms with Crippen molar-refractivity contribution >= 4 is 23.2 Å². The zero-order chi connectivity index (χ0) is 15.9. The summed E-state index contributed by atoms with van der Waals surface area (Å²) < 4.78 is 5.34. The van der Waals surface area contributed by atoms with Crippen molar-refractivity contribution in [1.29, 1.82) is 0 Å². The zero-order valence-electron chi connectivity index (χ0n) is 12.6. The second-order valence-electron chi connectivity index (χ2n) is 4.64. The van der Waals surface area contributed by atoms with Crippen molar-refractivity contribution in [1.82, 2.24) is 0 Å². The van der Waals surface area contributed by atoms with Gasteiger partial charge in [0.05, 0.1) is 18.0 Å². The number of benzene rings is 2. The lowest BCUT2D eigenvalue weighted by Crippen LogP contribution is -2.15. The van der Waals surface area contributed by atoms with Gasteiger partial charge in [-0.3, -0.25) is 9.59 Å². The molecule has 5 nitrogen and oxygen atoms in total. The molecule has 2 aromatic carbocycles. The highest BCUT2D eigenvalue weighted by atomic mass is 16.5. The van der Waals surface area contributed by atoms with Gasteiger partial charge in [0.15, 0.2) is 0 Å². The molecule has 0 saturated heterocycles. The number of nitrogens with one attached hydrogen (secondary N) is 2. The van der Waals surface area contributed by atoms with Crippen LogP contribution in [0.3, 0.4) is 0 Å². The number of ether oxygens (including phenoxy) is 1. The van der Waals surface area contributed by atoms with E-state index in [0.29, 0.717) is 23.5 Å². The lowest BCUT2D eigenvalue weighted by atomic mass is 10.2. The highest BCUT2D eigenvalue weighted by molar-refractivity contribution is 6.07. The van der Waals surface area contributed by atoms with Gasteiger partial charge in [-0.05, 0) is 43.3 Å². The Balaban J connectivity index is 2.13. The summed E-state index contributed by atoms with van der Waals surface area (Å²) in [6.07, 6.45) is 0. The third kappa shape index (κ3) is 4.09. The second kappa shape index (κ2) is 7.26. The predicted molar refractivity (Wildman–Crippen MR) is 86.3 cm³/mol. The SMILES string of the molecule is CCOc1ccc(C(=O)Nc2ccccc2NC(C)=O)cc1. The fourth-order valence-electron chi connectivity index (χ4n) is 1.95. The molecule has 0 atom stereocenters. The maximum atomic E-state index is 12.3. The third-order valence-electron chi connectivity index (χ3n) is 2.91. The minimum atomic E-state index is -0.249. The largest absolute Gasteiger partial charge is 0.494 e. The molecule has 0 saturated carbocycles. The second-order valence-corrected chi connectivity index (χ2v) is 4.64. The zero-order valence-corrected chi connectivity index (χ0v) is 12.6. The molecule has 0 fully saturated rings. The highest BCUT2D eigenvalue weighted by Crippen LogP contribution is 2.22. The van der Waals surface area contributed by atoms with E-state index in [9.17, 15) is 9.59 Å². The molecule has 0 unspecified atom stereocenters. The Kier molecular flexibility index (Phi) is 5.14.